The van der Waals surface area contributed by atoms with Crippen molar-refractivity contribution in [2.24, 2.45) is 0 Å². The van der Waals surface area contributed by atoms with Crippen LogP contribution in [0.15, 0.2) is 54.6 Å². The molecule has 0 aromatic heterocycles. The number of nitrogens with one attached hydrogen (secondary N) is 1. The molecule has 2 aromatic rings. The quantitative estimate of drug-likeness (QED) is 0.391. The molecule has 0 unspecified atom stereocenters. The number of aldehydes is 1. The van der Waals surface area contributed by atoms with E-state index in [9.17, 15) is 14.4 Å². The number of amides is 2. The van der Waals surface area contributed by atoms with Crippen LogP contribution in [0.1, 0.15) is 86.7 Å². The van der Waals surface area contributed by atoms with E-state index in [2.05, 4.69) is 5.32 Å². The van der Waals surface area contributed by atoms with Crippen LogP contribution in [0.4, 0.5) is 9.59 Å². The van der Waals surface area contributed by atoms with Gasteiger partial charge in [-0.1, -0.05) is 54.6 Å². The Morgan fingerprint density at radius 1 is 0.975 bits per heavy atom. The molecule has 2 aromatic carbocycles. The van der Waals surface area contributed by atoms with Crippen LogP contribution in [0, 0.1) is 0 Å². The first-order valence-corrected chi connectivity index (χ1v) is 14.4. The highest BCUT2D eigenvalue weighted by molar-refractivity contribution is 5.77. The third-order valence-electron chi connectivity index (χ3n) is 7.66. The minimum Gasteiger partial charge on any atom is -0.445 e. The molecule has 1 saturated carbocycles. The summed E-state index contributed by atoms with van der Waals surface area (Å²) in [6, 6.07) is 16.7. The molecule has 2 fully saturated rings. The number of alkyl carbamates (subject to hydrolysis) is 1. The van der Waals surface area contributed by atoms with Crippen molar-refractivity contribution in [2.45, 2.75) is 95.6 Å². The second-order valence-corrected chi connectivity index (χ2v) is 11.7. The number of likely N-dealkylation sites (tertiary alicyclic amines) is 1. The molecule has 216 valence electrons. The Kier molecular flexibility index (Phi) is 10.2. The largest absolute Gasteiger partial charge is 0.445 e. The Morgan fingerprint density at radius 2 is 1.68 bits per heavy atom. The van der Waals surface area contributed by atoms with Gasteiger partial charge in [-0.2, -0.15) is 0 Å². The fraction of sp³-hybridized carbons (Fsp3) is 0.531. The summed E-state index contributed by atoms with van der Waals surface area (Å²) in [5.41, 5.74) is 2.16. The van der Waals surface area contributed by atoms with Crippen LogP contribution in [0.3, 0.4) is 0 Å². The Labute approximate surface area is 237 Å². The molecule has 1 heterocycles. The molecule has 0 radical (unpaired) electrons. The zero-order valence-electron chi connectivity index (χ0n) is 23.8. The van der Waals surface area contributed by atoms with Crippen LogP contribution in [-0.2, 0) is 20.8 Å². The van der Waals surface area contributed by atoms with Crippen molar-refractivity contribution in [3.05, 3.63) is 71.3 Å². The van der Waals surface area contributed by atoms with E-state index in [-0.39, 0.29) is 24.8 Å². The summed E-state index contributed by atoms with van der Waals surface area (Å²) in [6.45, 7) is 6.48. The van der Waals surface area contributed by atoms with Crippen molar-refractivity contribution >= 4 is 18.5 Å². The standard InChI is InChI=1S/C32H42N2O6/c1-32(2,3)40-30(36)33-28-14-9-19-34(31(37)39-21-23-10-5-4-6-11-23)29(28)22-38-26-17-15-24(16-18-26)27-13-8-7-12-25(27)20-35/h4-8,10-13,20,24,26,28-29H,9,14-19,21-22H2,1-3H3,(H,33,36)/t24?,26?,28-,29-/m0/s1. The number of hydrogen-bond donors (Lipinski definition) is 1. The summed E-state index contributed by atoms with van der Waals surface area (Å²) in [5.74, 6) is 0.335. The summed E-state index contributed by atoms with van der Waals surface area (Å²) in [6.07, 6.45) is 5.11. The smallest absolute Gasteiger partial charge is 0.410 e. The van der Waals surface area contributed by atoms with E-state index in [4.69, 9.17) is 14.2 Å². The van der Waals surface area contributed by atoms with Crippen molar-refractivity contribution in [3.8, 4) is 0 Å². The summed E-state index contributed by atoms with van der Waals surface area (Å²) >= 11 is 0. The minimum atomic E-state index is -0.625. The number of hydrogen-bond acceptors (Lipinski definition) is 6. The maximum absolute atomic E-state index is 13.2. The van der Waals surface area contributed by atoms with Gasteiger partial charge in [-0.15, -0.1) is 0 Å². The van der Waals surface area contributed by atoms with Crippen LogP contribution < -0.4 is 5.32 Å². The number of benzene rings is 2. The Morgan fingerprint density at radius 3 is 2.38 bits per heavy atom. The van der Waals surface area contributed by atoms with Gasteiger partial charge in [-0.05, 0) is 76.3 Å². The number of piperidine rings is 1. The van der Waals surface area contributed by atoms with E-state index in [1.54, 1.807) is 4.90 Å². The first-order valence-electron chi connectivity index (χ1n) is 14.4. The van der Waals surface area contributed by atoms with Gasteiger partial charge in [0.25, 0.3) is 0 Å². The van der Waals surface area contributed by atoms with Crippen molar-refractivity contribution in [1.82, 2.24) is 10.2 Å². The van der Waals surface area contributed by atoms with E-state index in [1.165, 1.54) is 0 Å². The number of ether oxygens (including phenoxy) is 3. The van der Waals surface area contributed by atoms with Gasteiger partial charge in [-0.3, -0.25) is 4.79 Å². The maximum Gasteiger partial charge on any atom is 0.410 e. The molecule has 1 aliphatic heterocycles. The van der Waals surface area contributed by atoms with Crippen molar-refractivity contribution in [1.29, 1.82) is 0 Å². The fourth-order valence-electron chi connectivity index (χ4n) is 5.68. The highest BCUT2D eigenvalue weighted by Gasteiger charge is 2.38. The van der Waals surface area contributed by atoms with Crippen molar-refractivity contribution in [3.63, 3.8) is 0 Å². The molecule has 8 nitrogen and oxygen atoms in total. The van der Waals surface area contributed by atoms with Crippen molar-refractivity contribution in [2.75, 3.05) is 13.2 Å². The van der Waals surface area contributed by atoms with Gasteiger partial charge < -0.3 is 24.4 Å². The SMILES string of the molecule is CC(C)(C)OC(=O)N[C@H]1CCCN(C(=O)OCc2ccccc2)[C@H]1COC1CCC(c2ccccc2C=O)CC1. The topological polar surface area (TPSA) is 94.2 Å². The monoisotopic (exact) mass is 550 g/mol. The van der Waals surface area contributed by atoms with Gasteiger partial charge in [0.2, 0.25) is 0 Å². The van der Waals surface area contributed by atoms with Gasteiger partial charge in [0.15, 0.2) is 0 Å². The normalized spacial score (nSPS) is 23.2. The third kappa shape index (κ3) is 8.31. The van der Waals surface area contributed by atoms with Crippen molar-refractivity contribution < 1.29 is 28.6 Å². The second kappa shape index (κ2) is 13.8. The Hall–Kier alpha value is -3.39. The molecular formula is C32H42N2O6. The number of carbonyl (C=O) groups is 3. The molecule has 2 atom stereocenters. The lowest BCUT2D eigenvalue weighted by Gasteiger charge is -2.41. The number of nitrogens with zero attached hydrogens (tertiary/aromatic N) is 1. The van der Waals surface area contributed by atoms with Crippen LogP contribution >= 0.6 is 0 Å². The predicted octanol–water partition coefficient (Wildman–Crippen LogP) is 6.24. The van der Waals surface area contributed by atoms with Crippen LogP contribution in [0.2, 0.25) is 0 Å². The zero-order chi connectivity index (χ0) is 28.5. The lowest BCUT2D eigenvalue weighted by molar-refractivity contribution is -0.0310. The third-order valence-corrected chi connectivity index (χ3v) is 7.66. The highest BCUT2D eigenvalue weighted by atomic mass is 16.6. The van der Waals surface area contributed by atoms with Crippen LogP contribution in [0.5, 0.6) is 0 Å². The van der Waals surface area contributed by atoms with Gasteiger partial charge in [0.1, 0.15) is 18.5 Å². The predicted molar refractivity (Wildman–Crippen MR) is 152 cm³/mol. The molecule has 0 spiro atoms. The van der Waals surface area contributed by atoms with E-state index in [0.29, 0.717) is 25.5 Å². The van der Waals surface area contributed by atoms with Gasteiger partial charge in [0.05, 0.1) is 24.8 Å². The van der Waals surface area contributed by atoms with E-state index >= 15 is 0 Å². The van der Waals surface area contributed by atoms with Gasteiger partial charge in [0, 0.05) is 12.1 Å². The molecule has 2 amide bonds. The first-order chi connectivity index (χ1) is 19.2. The summed E-state index contributed by atoms with van der Waals surface area (Å²) in [7, 11) is 0. The highest BCUT2D eigenvalue weighted by Crippen LogP contribution is 2.35. The van der Waals surface area contributed by atoms with Gasteiger partial charge >= 0.3 is 12.2 Å². The van der Waals surface area contributed by atoms with Gasteiger partial charge in [-0.25, -0.2) is 9.59 Å². The molecule has 8 heteroatoms. The van der Waals surface area contributed by atoms with E-state index in [1.807, 2.05) is 75.4 Å². The van der Waals surface area contributed by atoms with Crippen LogP contribution in [-0.4, -0.2) is 60.3 Å². The Bertz CT molecular complexity index is 1120. The molecular weight excluding hydrogens is 508 g/mol. The molecule has 1 N–H and O–H groups in total. The Balaban J connectivity index is 1.39. The molecule has 2 aliphatic rings. The summed E-state index contributed by atoms with van der Waals surface area (Å²) in [4.78, 5) is 39.1. The molecule has 0 bridgehead atoms. The number of rotatable bonds is 8. The molecule has 1 aliphatic carbocycles. The average molecular weight is 551 g/mol. The number of carbonyl (C=O) groups excluding carboxylic acids is 3. The summed E-state index contributed by atoms with van der Waals surface area (Å²) in [5, 5.41) is 2.99. The molecule has 40 heavy (non-hydrogen) atoms. The zero-order valence-corrected chi connectivity index (χ0v) is 23.8. The second-order valence-electron chi connectivity index (χ2n) is 11.7. The van der Waals surface area contributed by atoms with E-state index < -0.39 is 17.8 Å². The lowest BCUT2D eigenvalue weighted by Crippen LogP contribution is -2.59. The lowest BCUT2D eigenvalue weighted by atomic mass is 9.81. The van der Waals surface area contributed by atoms with Crippen LogP contribution in [0.25, 0.3) is 0 Å². The summed E-state index contributed by atoms with van der Waals surface area (Å²) < 4.78 is 17.6. The molecule has 1 saturated heterocycles. The molecule has 4 rings (SSSR count). The van der Waals surface area contributed by atoms with E-state index in [0.717, 1.165) is 55.1 Å². The average Bonchev–Trinajstić information content (AvgIpc) is 2.95. The first kappa shape index (κ1) is 29.6. The fourth-order valence-corrected chi connectivity index (χ4v) is 5.68. The maximum atomic E-state index is 13.2. The minimum absolute atomic E-state index is 0.0472.